The predicted octanol–water partition coefficient (Wildman–Crippen LogP) is 2.15. The lowest BCUT2D eigenvalue weighted by Crippen LogP contribution is -2.36. The molecule has 1 N–H and O–H groups in total. The molecule has 18 heavy (non-hydrogen) atoms. The van der Waals surface area contributed by atoms with Gasteiger partial charge in [-0.15, -0.1) is 0 Å². The van der Waals surface area contributed by atoms with E-state index in [0.29, 0.717) is 6.54 Å². The van der Waals surface area contributed by atoms with Crippen LogP contribution in [0.1, 0.15) is 13.8 Å². The molecule has 98 valence electrons. The Labute approximate surface area is 109 Å². The molecule has 0 heterocycles. The van der Waals surface area contributed by atoms with Crippen molar-refractivity contribution >= 4 is 23.2 Å². The van der Waals surface area contributed by atoms with Crippen LogP contribution in [0.5, 0.6) is 5.75 Å². The zero-order valence-electron chi connectivity index (χ0n) is 9.97. The number of benzene rings is 1. The van der Waals surface area contributed by atoms with E-state index in [9.17, 15) is 14.9 Å². The monoisotopic (exact) mass is 272 g/mol. The molecule has 0 unspecified atom stereocenters. The first-order valence-corrected chi connectivity index (χ1v) is 5.71. The molecular formula is C11H13ClN2O4. The van der Waals surface area contributed by atoms with E-state index in [1.54, 1.807) is 13.8 Å². The molecule has 0 aromatic heterocycles. The number of nitrogens with zero attached hydrogens (tertiary/aromatic N) is 1. The lowest BCUT2D eigenvalue weighted by molar-refractivity contribution is -0.384. The molecule has 0 radical (unpaired) electrons. The third-order valence-corrected chi connectivity index (χ3v) is 2.45. The minimum Gasteiger partial charge on any atom is -0.479 e. The molecule has 0 saturated carbocycles. The lowest BCUT2D eigenvalue weighted by Gasteiger charge is -2.14. The van der Waals surface area contributed by atoms with Gasteiger partial charge in [-0.3, -0.25) is 14.9 Å². The van der Waals surface area contributed by atoms with Gasteiger partial charge in [0.2, 0.25) is 0 Å². The smallest absolute Gasteiger partial charge is 0.271 e. The van der Waals surface area contributed by atoms with E-state index in [-0.39, 0.29) is 22.4 Å². The fraction of sp³-hybridized carbons (Fsp3) is 0.364. The van der Waals surface area contributed by atoms with Gasteiger partial charge < -0.3 is 10.1 Å². The topological polar surface area (TPSA) is 81.5 Å². The predicted molar refractivity (Wildman–Crippen MR) is 66.9 cm³/mol. The highest BCUT2D eigenvalue weighted by Crippen LogP contribution is 2.29. The summed E-state index contributed by atoms with van der Waals surface area (Å²) in [6.07, 6.45) is -0.719. The fourth-order valence-electron chi connectivity index (χ4n) is 1.26. The van der Waals surface area contributed by atoms with E-state index in [2.05, 4.69) is 5.32 Å². The molecule has 0 aliphatic rings. The van der Waals surface area contributed by atoms with Gasteiger partial charge in [-0.05, 0) is 19.9 Å². The van der Waals surface area contributed by atoms with Crippen LogP contribution in [0.15, 0.2) is 18.2 Å². The summed E-state index contributed by atoms with van der Waals surface area (Å²) >= 11 is 5.84. The van der Waals surface area contributed by atoms with Gasteiger partial charge in [-0.1, -0.05) is 11.6 Å². The Balaban J connectivity index is 2.79. The number of non-ortho nitro benzene ring substituents is 1. The van der Waals surface area contributed by atoms with E-state index in [4.69, 9.17) is 16.3 Å². The van der Waals surface area contributed by atoms with E-state index in [0.717, 1.165) is 0 Å². The highest BCUT2D eigenvalue weighted by atomic mass is 35.5. The lowest BCUT2D eigenvalue weighted by atomic mass is 10.3. The van der Waals surface area contributed by atoms with Crippen LogP contribution < -0.4 is 10.1 Å². The molecule has 0 saturated heterocycles. The maximum Gasteiger partial charge on any atom is 0.271 e. The molecule has 0 bridgehead atoms. The molecule has 1 aromatic rings. The SMILES string of the molecule is CCNC(=O)[C@@H](C)Oc1ccc([N+](=O)[O-])cc1Cl. The normalized spacial score (nSPS) is 11.7. The number of hydrogen-bond acceptors (Lipinski definition) is 4. The molecule has 0 spiro atoms. The van der Waals surface area contributed by atoms with Gasteiger partial charge in [-0.25, -0.2) is 0 Å². The first kappa shape index (κ1) is 14.2. The van der Waals surface area contributed by atoms with Gasteiger partial charge in [0.05, 0.1) is 9.95 Å². The molecule has 1 amide bonds. The number of nitro groups is 1. The molecule has 0 aliphatic heterocycles. The minimum atomic E-state index is -0.719. The zero-order chi connectivity index (χ0) is 13.7. The second-order valence-electron chi connectivity index (χ2n) is 3.53. The number of likely N-dealkylation sites (N-methyl/N-ethyl adjacent to an activating group) is 1. The van der Waals surface area contributed by atoms with Crippen molar-refractivity contribution in [3.8, 4) is 5.75 Å². The quantitative estimate of drug-likeness (QED) is 0.658. The molecule has 0 aliphatic carbocycles. The third kappa shape index (κ3) is 3.59. The van der Waals surface area contributed by atoms with Gasteiger partial charge in [0.15, 0.2) is 6.10 Å². The number of ether oxygens (including phenoxy) is 1. The van der Waals surface area contributed by atoms with Crippen molar-refractivity contribution in [1.82, 2.24) is 5.32 Å². The number of rotatable bonds is 5. The number of carbonyl (C=O) groups is 1. The van der Waals surface area contributed by atoms with Crippen LogP contribution in [0.3, 0.4) is 0 Å². The van der Waals surface area contributed by atoms with Crippen molar-refractivity contribution < 1.29 is 14.5 Å². The average molecular weight is 273 g/mol. The van der Waals surface area contributed by atoms with Crippen LogP contribution in [0.2, 0.25) is 5.02 Å². The molecule has 7 heteroatoms. The first-order valence-electron chi connectivity index (χ1n) is 5.34. The van der Waals surface area contributed by atoms with Gasteiger partial charge in [0.1, 0.15) is 5.75 Å². The second kappa shape index (κ2) is 6.20. The van der Waals surface area contributed by atoms with E-state index >= 15 is 0 Å². The number of nitrogens with one attached hydrogen (secondary N) is 1. The minimum absolute atomic E-state index is 0.0975. The Kier molecular flexibility index (Phi) is 4.91. The summed E-state index contributed by atoms with van der Waals surface area (Å²) in [7, 11) is 0. The number of halogens is 1. The number of carbonyl (C=O) groups excluding carboxylic acids is 1. The van der Waals surface area contributed by atoms with Crippen LogP contribution in [0.4, 0.5) is 5.69 Å². The highest BCUT2D eigenvalue weighted by Gasteiger charge is 2.16. The molecular weight excluding hydrogens is 260 g/mol. The summed E-state index contributed by atoms with van der Waals surface area (Å²) in [6.45, 7) is 3.87. The van der Waals surface area contributed by atoms with Crippen LogP contribution in [-0.4, -0.2) is 23.5 Å². The zero-order valence-corrected chi connectivity index (χ0v) is 10.7. The summed E-state index contributed by atoms with van der Waals surface area (Å²) < 4.78 is 5.33. The maximum absolute atomic E-state index is 11.4. The van der Waals surface area contributed by atoms with Crippen molar-refractivity contribution in [1.29, 1.82) is 0 Å². The fourth-order valence-corrected chi connectivity index (χ4v) is 1.48. The van der Waals surface area contributed by atoms with E-state index in [1.165, 1.54) is 18.2 Å². The van der Waals surface area contributed by atoms with Crippen LogP contribution in [-0.2, 0) is 4.79 Å². The van der Waals surface area contributed by atoms with Crippen LogP contribution >= 0.6 is 11.6 Å². The Morgan fingerprint density at radius 1 is 1.61 bits per heavy atom. The first-order chi connectivity index (χ1) is 8.45. The molecule has 6 nitrogen and oxygen atoms in total. The van der Waals surface area contributed by atoms with Crippen LogP contribution in [0, 0.1) is 10.1 Å². The van der Waals surface area contributed by atoms with Gasteiger partial charge in [0.25, 0.3) is 11.6 Å². The number of amides is 1. The van der Waals surface area contributed by atoms with Crippen molar-refractivity contribution in [3.05, 3.63) is 33.3 Å². The van der Waals surface area contributed by atoms with Crippen molar-refractivity contribution in [3.63, 3.8) is 0 Å². The standard InChI is InChI=1S/C11H13ClN2O4/c1-3-13-11(15)7(2)18-10-5-4-8(14(16)17)6-9(10)12/h4-7H,3H2,1-2H3,(H,13,15)/t7-/m1/s1. The van der Waals surface area contributed by atoms with Gasteiger partial charge in [0, 0.05) is 18.7 Å². The summed E-state index contributed by atoms with van der Waals surface area (Å²) in [5, 5.41) is 13.2. The highest BCUT2D eigenvalue weighted by molar-refractivity contribution is 6.32. The summed E-state index contributed by atoms with van der Waals surface area (Å²) in [4.78, 5) is 21.4. The Bertz CT molecular complexity index is 464. The number of hydrogen-bond donors (Lipinski definition) is 1. The van der Waals surface area contributed by atoms with Crippen molar-refractivity contribution in [2.75, 3.05) is 6.54 Å². The van der Waals surface area contributed by atoms with Crippen LogP contribution in [0.25, 0.3) is 0 Å². The summed E-state index contributed by atoms with van der Waals surface area (Å²) in [6, 6.07) is 3.82. The third-order valence-electron chi connectivity index (χ3n) is 2.15. The largest absolute Gasteiger partial charge is 0.479 e. The van der Waals surface area contributed by atoms with E-state index < -0.39 is 11.0 Å². The average Bonchev–Trinajstić information content (AvgIpc) is 2.31. The van der Waals surface area contributed by atoms with Gasteiger partial charge >= 0.3 is 0 Å². The van der Waals surface area contributed by atoms with Crippen molar-refractivity contribution in [2.24, 2.45) is 0 Å². The molecule has 1 aromatic carbocycles. The maximum atomic E-state index is 11.4. The van der Waals surface area contributed by atoms with Gasteiger partial charge in [-0.2, -0.15) is 0 Å². The Hall–Kier alpha value is -1.82. The Morgan fingerprint density at radius 3 is 2.78 bits per heavy atom. The molecule has 0 fully saturated rings. The Morgan fingerprint density at radius 2 is 2.28 bits per heavy atom. The van der Waals surface area contributed by atoms with E-state index in [1.807, 2.05) is 0 Å². The molecule has 1 atom stereocenters. The second-order valence-corrected chi connectivity index (χ2v) is 3.93. The summed E-state index contributed by atoms with van der Waals surface area (Å²) in [5.41, 5.74) is -0.127. The number of nitro benzene ring substituents is 1. The van der Waals surface area contributed by atoms with Crippen molar-refractivity contribution in [2.45, 2.75) is 20.0 Å². The molecule has 1 rings (SSSR count). The summed E-state index contributed by atoms with van der Waals surface area (Å²) in [5.74, 6) is -0.0343.